The van der Waals surface area contributed by atoms with Crippen molar-refractivity contribution in [3.63, 3.8) is 0 Å². The van der Waals surface area contributed by atoms with E-state index in [0.717, 1.165) is 22.5 Å². The molecule has 34 heavy (non-hydrogen) atoms. The van der Waals surface area contributed by atoms with Crippen LogP contribution in [0.25, 0.3) is 0 Å². The standard InChI is InChI=1S/C25H34ClN3O4S/c1-6-19(4)27-25(31)22(7-2)28(16-20-11-9-8-10-12-20)24(30)17-29(34(5,32)33)23-15-21(26)14-13-18(23)3/h8-15,19,22H,6-7,16-17H2,1-5H3,(H,27,31). The van der Waals surface area contributed by atoms with Gasteiger partial charge in [0.15, 0.2) is 0 Å². The zero-order valence-corrected chi connectivity index (χ0v) is 22.0. The minimum Gasteiger partial charge on any atom is -0.352 e. The lowest BCUT2D eigenvalue weighted by molar-refractivity contribution is -0.140. The molecule has 0 saturated heterocycles. The van der Waals surface area contributed by atoms with E-state index in [0.29, 0.717) is 22.7 Å². The average Bonchev–Trinajstić information content (AvgIpc) is 2.78. The zero-order valence-electron chi connectivity index (χ0n) is 20.4. The number of sulfonamides is 1. The predicted molar refractivity (Wildman–Crippen MR) is 137 cm³/mol. The molecule has 186 valence electrons. The molecule has 2 atom stereocenters. The smallest absolute Gasteiger partial charge is 0.244 e. The van der Waals surface area contributed by atoms with Crippen LogP contribution >= 0.6 is 11.6 Å². The van der Waals surface area contributed by atoms with Gasteiger partial charge in [0.1, 0.15) is 12.6 Å². The van der Waals surface area contributed by atoms with Crippen LogP contribution in [0.3, 0.4) is 0 Å². The first-order valence-corrected chi connectivity index (χ1v) is 13.6. The minimum absolute atomic E-state index is 0.0446. The Morgan fingerprint density at radius 2 is 1.71 bits per heavy atom. The number of hydrogen-bond donors (Lipinski definition) is 1. The lowest BCUT2D eigenvalue weighted by Crippen LogP contribution is -2.53. The molecule has 0 spiro atoms. The van der Waals surface area contributed by atoms with Gasteiger partial charge in [0, 0.05) is 17.6 Å². The third-order valence-electron chi connectivity index (χ3n) is 5.70. The number of anilines is 1. The highest BCUT2D eigenvalue weighted by Gasteiger charge is 2.32. The van der Waals surface area contributed by atoms with Crippen molar-refractivity contribution in [3.05, 3.63) is 64.7 Å². The Kier molecular flexibility index (Phi) is 9.94. The number of nitrogens with zero attached hydrogens (tertiary/aromatic N) is 2. The second kappa shape index (κ2) is 12.2. The summed E-state index contributed by atoms with van der Waals surface area (Å²) in [7, 11) is -3.81. The van der Waals surface area contributed by atoms with Gasteiger partial charge < -0.3 is 10.2 Å². The molecule has 0 heterocycles. The average molecular weight is 508 g/mol. The summed E-state index contributed by atoms with van der Waals surface area (Å²) >= 11 is 6.12. The number of halogens is 1. The number of benzene rings is 2. The third-order valence-corrected chi connectivity index (χ3v) is 7.06. The van der Waals surface area contributed by atoms with E-state index in [1.165, 1.54) is 11.0 Å². The lowest BCUT2D eigenvalue weighted by atomic mass is 10.1. The number of hydrogen-bond acceptors (Lipinski definition) is 4. The Bertz CT molecular complexity index is 1090. The molecule has 0 aromatic heterocycles. The molecule has 0 aliphatic rings. The Balaban J connectivity index is 2.45. The Labute approximate surface area is 208 Å². The van der Waals surface area contributed by atoms with E-state index in [2.05, 4.69) is 5.32 Å². The van der Waals surface area contributed by atoms with E-state index in [-0.39, 0.29) is 18.5 Å². The van der Waals surface area contributed by atoms with Gasteiger partial charge in [0.2, 0.25) is 21.8 Å². The molecule has 2 rings (SSSR count). The van der Waals surface area contributed by atoms with Gasteiger partial charge in [-0.2, -0.15) is 0 Å². The molecule has 2 amide bonds. The van der Waals surface area contributed by atoms with Gasteiger partial charge in [-0.1, -0.05) is 61.8 Å². The molecule has 2 aromatic carbocycles. The molecule has 2 aromatic rings. The molecular weight excluding hydrogens is 474 g/mol. The zero-order chi connectivity index (χ0) is 25.5. The normalized spacial score (nSPS) is 13.1. The monoisotopic (exact) mass is 507 g/mol. The van der Waals surface area contributed by atoms with Gasteiger partial charge >= 0.3 is 0 Å². The highest BCUT2D eigenvalue weighted by atomic mass is 35.5. The molecule has 0 aliphatic carbocycles. The van der Waals surface area contributed by atoms with Crippen molar-refractivity contribution in [2.24, 2.45) is 0 Å². The van der Waals surface area contributed by atoms with Crippen LogP contribution < -0.4 is 9.62 Å². The molecule has 0 bridgehead atoms. The molecule has 0 radical (unpaired) electrons. The van der Waals surface area contributed by atoms with E-state index < -0.39 is 28.5 Å². The first kappa shape index (κ1) is 27.7. The number of nitrogens with one attached hydrogen (secondary N) is 1. The van der Waals surface area contributed by atoms with Crippen LogP contribution in [0, 0.1) is 6.92 Å². The van der Waals surface area contributed by atoms with Crippen molar-refractivity contribution in [1.29, 1.82) is 0 Å². The van der Waals surface area contributed by atoms with E-state index in [4.69, 9.17) is 11.6 Å². The fourth-order valence-corrected chi connectivity index (χ4v) is 4.65. The Morgan fingerprint density at radius 3 is 2.26 bits per heavy atom. The maximum atomic E-state index is 13.6. The summed E-state index contributed by atoms with van der Waals surface area (Å²) < 4.78 is 26.5. The summed E-state index contributed by atoms with van der Waals surface area (Å²) in [6.07, 6.45) is 2.19. The van der Waals surface area contributed by atoms with Crippen LogP contribution in [0.2, 0.25) is 5.02 Å². The van der Waals surface area contributed by atoms with Crippen LogP contribution in [-0.2, 0) is 26.2 Å². The van der Waals surface area contributed by atoms with Crippen LogP contribution in [0.5, 0.6) is 0 Å². The molecule has 0 fully saturated rings. The number of rotatable bonds is 11. The summed E-state index contributed by atoms with van der Waals surface area (Å²) in [6, 6.07) is 13.4. The van der Waals surface area contributed by atoms with Gasteiger partial charge in [-0.3, -0.25) is 13.9 Å². The summed E-state index contributed by atoms with van der Waals surface area (Å²) in [5.74, 6) is -0.731. The van der Waals surface area contributed by atoms with Gasteiger partial charge in [0.05, 0.1) is 11.9 Å². The van der Waals surface area contributed by atoms with Crippen molar-refractivity contribution in [3.8, 4) is 0 Å². The molecular formula is C25H34ClN3O4S. The maximum absolute atomic E-state index is 13.6. The molecule has 2 unspecified atom stereocenters. The summed E-state index contributed by atoms with van der Waals surface area (Å²) in [5, 5.41) is 3.31. The van der Waals surface area contributed by atoms with Crippen molar-refractivity contribution < 1.29 is 18.0 Å². The summed E-state index contributed by atoms with van der Waals surface area (Å²) in [6.45, 7) is 7.20. The molecule has 1 N–H and O–H groups in total. The largest absolute Gasteiger partial charge is 0.352 e. The fourth-order valence-electron chi connectivity index (χ4n) is 3.59. The highest BCUT2D eigenvalue weighted by molar-refractivity contribution is 7.92. The Morgan fingerprint density at radius 1 is 1.06 bits per heavy atom. The summed E-state index contributed by atoms with van der Waals surface area (Å²) in [5.41, 5.74) is 1.84. The second-order valence-electron chi connectivity index (χ2n) is 8.45. The number of carbonyl (C=O) groups is 2. The van der Waals surface area contributed by atoms with Crippen LogP contribution in [0.4, 0.5) is 5.69 Å². The number of amides is 2. The SMILES string of the molecule is CCC(C)NC(=O)C(CC)N(Cc1ccccc1)C(=O)CN(c1cc(Cl)ccc1C)S(C)(=O)=O. The maximum Gasteiger partial charge on any atom is 0.244 e. The van der Waals surface area contributed by atoms with Crippen molar-refractivity contribution in [2.75, 3.05) is 17.1 Å². The van der Waals surface area contributed by atoms with Crippen molar-refractivity contribution in [1.82, 2.24) is 10.2 Å². The fraction of sp³-hybridized carbons (Fsp3) is 0.440. The highest BCUT2D eigenvalue weighted by Crippen LogP contribution is 2.27. The van der Waals surface area contributed by atoms with Gasteiger partial charge in [-0.05, 0) is 49.9 Å². The first-order chi connectivity index (χ1) is 16.0. The second-order valence-corrected chi connectivity index (χ2v) is 10.8. The molecule has 7 nitrogen and oxygen atoms in total. The van der Waals surface area contributed by atoms with Crippen LogP contribution in [0.1, 0.15) is 44.7 Å². The quantitative estimate of drug-likeness (QED) is 0.495. The van der Waals surface area contributed by atoms with Crippen molar-refractivity contribution >= 4 is 39.1 Å². The van der Waals surface area contributed by atoms with Gasteiger partial charge in [0.25, 0.3) is 0 Å². The van der Waals surface area contributed by atoms with Crippen LogP contribution in [-0.4, -0.2) is 50.0 Å². The topological polar surface area (TPSA) is 86.8 Å². The predicted octanol–water partition coefficient (Wildman–Crippen LogP) is 4.14. The van der Waals surface area contributed by atoms with Gasteiger partial charge in [-0.15, -0.1) is 0 Å². The number of aryl methyl sites for hydroxylation is 1. The molecule has 9 heteroatoms. The van der Waals surface area contributed by atoms with E-state index in [1.54, 1.807) is 19.1 Å². The Hall–Kier alpha value is -2.58. The summed E-state index contributed by atoms with van der Waals surface area (Å²) in [4.78, 5) is 28.2. The minimum atomic E-state index is -3.81. The van der Waals surface area contributed by atoms with Gasteiger partial charge in [-0.25, -0.2) is 8.42 Å². The van der Waals surface area contributed by atoms with Crippen LogP contribution in [0.15, 0.2) is 48.5 Å². The lowest BCUT2D eigenvalue weighted by Gasteiger charge is -2.33. The van der Waals surface area contributed by atoms with Crippen molar-refractivity contribution in [2.45, 2.75) is 59.2 Å². The van der Waals surface area contributed by atoms with E-state index >= 15 is 0 Å². The molecule has 0 aliphatic heterocycles. The third kappa shape index (κ3) is 7.46. The van der Waals surface area contributed by atoms with E-state index in [9.17, 15) is 18.0 Å². The molecule has 0 saturated carbocycles. The van der Waals surface area contributed by atoms with E-state index in [1.807, 2.05) is 51.1 Å². The first-order valence-electron chi connectivity index (χ1n) is 11.4. The number of carbonyl (C=O) groups excluding carboxylic acids is 2.